The van der Waals surface area contributed by atoms with Gasteiger partial charge in [-0.25, -0.2) is 4.79 Å². The van der Waals surface area contributed by atoms with Crippen LogP contribution in [0.2, 0.25) is 0 Å². The van der Waals surface area contributed by atoms with Crippen molar-refractivity contribution in [3.8, 4) is 0 Å². The molecule has 2 unspecified atom stereocenters. The van der Waals surface area contributed by atoms with E-state index in [0.29, 0.717) is 18.6 Å². The molecule has 0 spiro atoms. The van der Waals surface area contributed by atoms with Crippen LogP contribution in [0.15, 0.2) is 59.4 Å². The number of imidazole rings is 1. The van der Waals surface area contributed by atoms with Gasteiger partial charge in [0.15, 0.2) is 0 Å². The maximum Gasteiger partial charge on any atom is 0.329 e. The first kappa shape index (κ1) is 19.0. The van der Waals surface area contributed by atoms with Gasteiger partial charge in [-0.1, -0.05) is 42.5 Å². The number of carbonyl (C=O) groups is 2. The van der Waals surface area contributed by atoms with Gasteiger partial charge >= 0.3 is 11.7 Å². The zero-order valence-corrected chi connectivity index (χ0v) is 16.2. The van der Waals surface area contributed by atoms with E-state index in [2.05, 4.69) is 0 Å². The van der Waals surface area contributed by atoms with E-state index in [0.717, 1.165) is 11.1 Å². The molecule has 7 nitrogen and oxygen atoms in total. The molecule has 4 rings (SSSR count). The summed E-state index contributed by atoms with van der Waals surface area (Å²) in [6.07, 6.45) is 0. The fourth-order valence-corrected chi connectivity index (χ4v) is 4.26. The van der Waals surface area contributed by atoms with Crippen molar-refractivity contribution in [2.24, 2.45) is 5.92 Å². The van der Waals surface area contributed by atoms with Crippen molar-refractivity contribution < 1.29 is 14.7 Å². The molecular weight excluding hydrogens is 370 g/mol. The minimum absolute atomic E-state index is 0.0970. The Balaban J connectivity index is 1.61. The number of aromatic nitrogens is 2. The number of hydrogen-bond acceptors (Lipinski definition) is 3. The Bertz CT molecular complexity index is 1120. The third-order valence-corrected chi connectivity index (χ3v) is 5.75. The van der Waals surface area contributed by atoms with Crippen LogP contribution in [0, 0.1) is 5.92 Å². The number of amides is 1. The molecule has 1 aliphatic heterocycles. The predicted molar refractivity (Wildman–Crippen MR) is 109 cm³/mol. The third kappa shape index (κ3) is 3.33. The van der Waals surface area contributed by atoms with E-state index in [-0.39, 0.29) is 30.6 Å². The molecule has 0 aliphatic carbocycles. The third-order valence-electron chi connectivity index (χ3n) is 5.75. The van der Waals surface area contributed by atoms with Crippen LogP contribution in [-0.4, -0.2) is 44.1 Å². The highest BCUT2D eigenvalue weighted by Gasteiger charge is 2.40. The van der Waals surface area contributed by atoms with Gasteiger partial charge in [0, 0.05) is 25.6 Å². The van der Waals surface area contributed by atoms with E-state index >= 15 is 0 Å². The molecule has 2 heterocycles. The average Bonchev–Trinajstić information content (AvgIpc) is 3.29. The summed E-state index contributed by atoms with van der Waals surface area (Å²) in [6.45, 7) is 2.79. The van der Waals surface area contributed by atoms with Gasteiger partial charge in [0.2, 0.25) is 5.91 Å². The van der Waals surface area contributed by atoms with Crippen LogP contribution in [-0.2, 0) is 22.7 Å². The van der Waals surface area contributed by atoms with Gasteiger partial charge in [0.25, 0.3) is 0 Å². The van der Waals surface area contributed by atoms with E-state index in [1.165, 1.54) is 4.57 Å². The molecule has 2 atom stereocenters. The highest BCUT2D eigenvalue weighted by Crippen LogP contribution is 2.33. The molecule has 29 heavy (non-hydrogen) atoms. The van der Waals surface area contributed by atoms with Crippen molar-refractivity contribution in [2.45, 2.75) is 25.9 Å². The van der Waals surface area contributed by atoms with Gasteiger partial charge in [0.05, 0.1) is 17.0 Å². The van der Waals surface area contributed by atoms with Crippen molar-refractivity contribution in [2.75, 3.05) is 13.1 Å². The number of benzene rings is 2. The molecule has 7 heteroatoms. The van der Waals surface area contributed by atoms with Gasteiger partial charge < -0.3 is 10.0 Å². The SMILES string of the molecule is CCn1c(=O)n(CC(=O)N2CC(C(=O)O)C(c3ccccc3)C2)c2ccccc21. The summed E-state index contributed by atoms with van der Waals surface area (Å²) in [7, 11) is 0. The van der Waals surface area contributed by atoms with Crippen molar-refractivity contribution in [1.29, 1.82) is 0 Å². The number of carboxylic acid groups (broad SMARTS) is 1. The zero-order valence-electron chi connectivity index (χ0n) is 16.2. The van der Waals surface area contributed by atoms with Crippen molar-refractivity contribution in [3.63, 3.8) is 0 Å². The summed E-state index contributed by atoms with van der Waals surface area (Å²) in [5, 5.41) is 9.66. The fraction of sp³-hybridized carbons (Fsp3) is 0.318. The van der Waals surface area contributed by atoms with Crippen LogP contribution in [0.4, 0.5) is 0 Å². The number of carboxylic acids is 1. The quantitative estimate of drug-likeness (QED) is 0.720. The Labute approximate surface area is 167 Å². The van der Waals surface area contributed by atoms with E-state index in [1.54, 1.807) is 9.47 Å². The molecule has 2 aromatic carbocycles. The lowest BCUT2D eigenvalue weighted by Gasteiger charge is -2.17. The molecule has 1 aromatic heterocycles. The Kier molecular flexibility index (Phi) is 4.96. The largest absolute Gasteiger partial charge is 0.481 e. The van der Waals surface area contributed by atoms with Crippen LogP contribution in [0.5, 0.6) is 0 Å². The van der Waals surface area contributed by atoms with E-state index in [4.69, 9.17) is 0 Å². The first-order valence-electron chi connectivity index (χ1n) is 9.74. The molecule has 0 saturated carbocycles. The summed E-state index contributed by atoms with van der Waals surface area (Å²) in [4.78, 5) is 39.2. The minimum atomic E-state index is -0.908. The fourth-order valence-electron chi connectivity index (χ4n) is 4.26. The minimum Gasteiger partial charge on any atom is -0.481 e. The predicted octanol–water partition coefficient (Wildman–Crippen LogP) is 2.15. The first-order chi connectivity index (χ1) is 14.0. The molecule has 1 amide bonds. The average molecular weight is 393 g/mol. The molecule has 1 fully saturated rings. The van der Waals surface area contributed by atoms with Gasteiger partial charge in [-0.3, -0.25) is 18.7 Å². The smallest absolute Gasteiger partial charge is 0.329 e. The maximum absolute atomic E-state index is 13.0. The highest BCUT2D eigenvalue weighted by molar-refractivity contribution is 5.82. The Morgan fingerprint density at radius 3 is 2.21 bits per heavy atom. The molecular formula is C22H23N3O4. The molecule has 3 aromatic rings. The van der Waals surface area contributed by atoms with E-state index in [9.17, 15) is 19.5 Å². The maximum atomic E-state index is 13.0. The van der Waals surface area contributed by atoms with Crippen molar-refractivity contribution in [3.05, 3.63) is 70.6 Å². The summed E-state index contributed by atoms with van der Waals surface area (Å²) in [5.74, 6) is -2.06. The van der Waals surface area contributed by atoms with Gasteiger partial charge in [-0.2, -0.15) is 0 Å². The van der Waals surface area contributed by atoms with Crippen LogP contribution >= 0.6 is 0 Å². The summed E-state index contributed by atoms with van der Waals surface area (Å²) >= 11 is 0. The van der Waals surface area contributed by atoms with Gasteiger partial charge in [0.1, 0.15) is 6.54 Å². The zero-order chi connectivity index (χ0) is 20.5. The number of aryl methyl sites for hydroxylation is 1. The molecule has 0 radical (unpaired) electrons. The molecule has 1 aliphatic rings. The lowest BCUT2D eigenvalue weighted by atomic mass is 9.89. The number of carbonyl (C=O) groups excluding carboxylic acids is 1. The number of rotatable bonds is 5. The van der Waals surface area contributed by atoms with Crippen molar-refractivity contribution in [1.82, 2.24) is 14.0 Å². The van der Waals surface area contributed by atoms with Gasteiger partial charge in [-0.15, -0.1) is 0 Å². The van der Waals surface area contributed by atoms with Gasteiger partial charge in [-0.05, 0) is 24.6 Å². The standard InChI is InChI=1S/C22H23N3O4/c1-2-24-18-10-6-7-11-19(18)25(22(24)29)14-20(26)23-12-16(17(13-23)21(27)28)15-8-4-3-5-9-15/h3-11,16-17H,2,12-14H2,1H3,(H,27,28). The van der Waals surface area contributed by atoms with Crippen LogP contribution in [0.3, 0.4) is 0 Å². The summed E-state index contributed by atoms with van der Waals surface area (Å²) in [6, 6.07) is 16.8. The lowest BCUT2D eigenvalue weighted by molar-refractivity contribution is -0.141. The van der Waals surface area contributed by atoms with Crippen LogP contribution in [0.1, 0.15) is 18.4 Å². The monoisotopic (exact) mass is 393 g/mol. The number of fused-ring (bicyclic) bond motifs is 1. The summed E-state index contributed by atoms with van der Waals surface area (Å²) in [5.41, 5.74) is 2.19. The Hall–Kier alpha value is -3.35. The topological polar surface area (TPSA) is 84.5 Å². The second-order valence-electron chi connectivity index (χ2n) is 7.36. The number of nitrogens with zero attached hydrogens (tertiary/aromatic N) is 3. The van der Waals surface area contributed by atoms with E-state index < -0.39 is 11.9 Å². The second-order valence-corrected chi connectivity index (χ2v) is 7.36. The number of hydrogen-bond donors (Lipinski definition) is 1. The highest BCUT2D eigenvalue weighted by atomic mass is 16.4. The van der Waals surface area contributed by atoms with Crippen LogP contribution < -0.4 is 5.69 Å². The number of aliphatic carboxylic acids is 1. The molecule has 1 saturated heterocycles. The molecule has 0 bridgehead atoms. The van der Waals surface area contributed by atoms with Crippen LogP contribution in [0.25, 0.3) is 11.0 Å². The lowest BCUT2D eigenvalue weighted by Crippen LogP contribution is -2.36. The Morgan fingerprint density at radius 2 is 1.59 bits per heavy atom. The second kappa shape index (κ2) is 7.58. The van der Waals surface area contributed by atoms with Crippen molar-refractivity contribution >= 4 is 22.9 Å². The normalized spacial score (nSPS) is 19.0. The number of para-hydroxylation sites is 2. The Morgan fingerprint density at radius 1 is 0.966 bits per heavy atom. The molecule has 150 valence electrons. The first-order valence-corrected chi connectivity index (χ1v) is 9.74. The van der Waals surface area contributed by atoms with E-state index in [1.807, 2.05) is 61.5 Å². The number of likely N-dealkylation sites (tertiary alicyclic amines) is 1. The molecule has 1 N–H and O–H groups in total. The summed E-state index contributed by atoms with van der Waals surface area (Å²) < 4.78 is 3.12.